The molecular weight excluding hydrogens is 375 g/mol. The molecule has 0 saturated carbocycles. The Morgan fingerprint density at radius 1 is 1.11 bits per heavy atom. The van der Waals surface area contributed by atoms with E-state index in [9.17, 15) is 4.39 Å². The summed E-state index contributed by atoms with van der Waals surface area (Å²) >= 11 is 6.67. The maximum Gasteiger partial charge on any atom is 0.130 e. The number of hydrogen-bond acceptors (Lipinski definition) is 1. The van der Waals surface area contributed by atoms with Gasteiger partial charge < -0.3 is 4.74 Å². The van der Waals surface area contributed by atoms with Crippen LogP contribution in [0, 0.1) is 12.7 Å². The Morgan fingerprint density at radius 3 is 2.58 bits per heavy atom. The van der Waals surface area contributed by atoms with Crippen molar-refractivity contribution in [3.05, 3.63) is 63.4 Å². The van der Waals surface area contributed by atoms with E-state index in [1.165, 1.54) is 11.6 Å². The molecule has 0 spiro atoms. The van der Waals surface area contributed by atoms with Gasteiger partial charge in [-0.15, -0.1) is 0 Å². The number of alkyl halides is 1. The second-order valence-electron chi connectivity index (χ2n) is 4.27. The zero-order chi connectivity index (χ0) is 13.8. The van der Waals surface area contributed by atoms with E-state index in [0.29, 0.717) is 10.9 Å². The van der Waals surface area contributed by atoms with Crippen molar-refractivity contribution >= 4 is 31.9 Å². The fraction of sp³-hybridized carbons (Fsp3) is 0.200. The molecule has 0 amide bonds. The van der Waals surface area contributed by atoms with Crippen LogP contribution in [0.2, 0.25) is 0 Å². The second kappa shape index (κ2) is 6.53. The smallest absolute Gasteiger partial charge is 0.130 e. The highest BCUT2D eigenvalue weighted by Crippen LogP contribution is 2.24. The standard InChI is InChI=1S/C15H13Br2FO/c1-10-2-5-15(12(6-10)8-16)19-9-11-3-4-13(17)7-14(11)18/h2-7H,8-9H2,1H3. The van der Waals surface area contributed by atoms with Crippen LogP contribution in [0.3, 0.4) is 0 Å². The lowest BCUT2D eigenvalue weighted by Gasteiger charge is -2.11. The fourth-order valence-corrected chi connectivity index (χ4v) is 2.52. The predicted molar refractivity (Wildman–Crippen MR) is 82.2 cm³/mol. The van der Waals surface area contributed by atoms with Gasteiger partial charge in [-0.25, -0.2) is 4.39 Å². The molecule has 0 bridgehead atoms. The van der Waals surface area contributed by atoms with Crippen LogP contribution in [0.1, 0.15) is 16.7 Å². The number of rotatable bonds is 4. The van der Waals surface area contributed by atoms with Crippen molar-refractivity contribution in [1.82, 2.24) is 0 Å². The largest absolute Gasteiger partial charge is 0.488 e. The average molecular weight is 388 g/mol. The van der Waals surface area contributed by atoms with E-state index in [2.05, 4.69) is 37.9 Å². The maximum atomic E-state index is 13.7. The van der Waals surface area contributed by atoms with Gasteiger partial charge in [-0.1, -0.05) is 55.6 Å². The molecule has 2 aromatic rings. The number of ether oxygens (including phenoxy) is 1. The van der Waals surface area contributed by atoms with Gasteiger partial charge in [0.2, 0.25) is 0 Å². The van der Waals surface area contributed by atoms with Crippen molar-refractivity contribution in [2.75, 3.05) is 0 Å². The van der Waals surface area contributed by atoms with E-state index < -0.39 is 0 Å². The van der Waals surface area contributed by atoms with Gasteiger partial charge in [0.15, 0.2) is 0 Å². The first kappa shape index (κ1) is 14.5. The molecule has 0 heterocycles. The lowest BCUT2D eigenvalue weighted by Crippen LogP contribution is -2.00. The Labute approximate surface area is 129 Å². The summed E-state index contributed by atoms with van der Waals surface area (Å²) in [6.45, 7) is 2.26. The minimum Gasteiger partial charge on any atom is -0.488 e. The molecule has 2 aromatic carbocycles. The first-order chi connectivity index (χ1) is 9.10. The summed E-state index contributed by atoms with van der Waals surface area (Å²) < 4.78 is 20.1. The quantitative estimate of drug-likeness (QED) is 0.640. The van der Waals surface area contributed by atoms with Crippen LogP contribution in [0.5, 0.6) is 5.75 Å². The molecule has 4 heteroatoms. The summed E-state index contributed by atoms with van der Waals surface area (Å²) in [5, 5.41) is 0.715. The van der Waals surface area contributed by atoms with Crippen LogP contribution in [-0.4, -0.2) is 0 Å². The van der Waals surface area contributed by atoms with E-state index in [0.717, 1.165) is 15.8 Å². The summed E-state index contributed by atoms with van der Waals surface area (Å²) in [7, 11) is 0. The molecule has 0 aliphatic rings. The molecule has 0 atom stereocenters. The molecule has 19 heavy (non-hydrogen) atoms. The highest BCUT2D eigenvalue weighted by atomic mass is 79.9. The van der Waals surface area contributed by atoms with Crippen LogP contribution in [0.25, 0.3) is 0 Å². The van der Waals surface area contributed by atoms with Crippen molar-refractivity contribution < 1.29 is 9.13 Å². The van der Waals surface area contributed by atoms with Crippen molar-refractivity contribution in [2.24, 2.45) is 0 Å². The zero-order valence-electron chi connectivity index (χ0n) is 10.4. The van der Waals surface area contributed by atoms with Crippen LogP contribution < -0.4 is 4.74 Å². The van der Waals surface area contributed by atoms with Gasteiger partial charge in [0, 0.05) is 20.9 Å². The minimum absolute atomic E-state index is 0.224. The van der Waals surface area contributed by atoms with Crippen molar-refractivity contribution in [3.63, 3.8) is 0 Å². The van der Waals surface area contributed by atoms with Gasteiger partial charge in [0.25, 0.3) is 0 Å². The SMILES string of the molecule is Cc1ccc(OCc2ccc(Br)cc2F)c(CBr)c1. The first-order valence-corrected chi connectivity index (χ1v) is 7.74. The van der Waals surface area contributed by atoms with Crippen LogP contribution in [0.15, 0.2) is 40.9 Å². The summed E-state index contributed by atoms with van der Waals surface area (Å²) in [4.78, 5) is 0. The monoisotopic (exact) mass is 386 g/mol. The number of halogens is 3. The molecule has 0 aromatic heterocycles. The van der Waals surface area contributed by atoms with E-state index >= 15 is 0 Å². The molecule has 2 rings (SSSR count). The number of aryl methyl sites for hydroxylation is 1. The van der Waals surface area contributed by atoms with Crippen LogP contribution in [-0.2, 0) is 11.9 Å². The lowest BCUT2D eigenvalue weighted by molar-refractivity contribution is 0.297. The van der Waals surface area contributed by atoms with Crippen molar-refractivity contribution in [1.29, 1.82) is 0 Å². The normalized spacial score (nSPS) is 10.5. The van der Waals surface area contributed by atoms with Crippen molar-refractivity contribution in [3.8, 4) is 5.75 Å². The molecular formula is C15H13Br2FO. The van der Waals surface area contributed by atoms with Gasteiger partial charge in [0.1, 0.15) is 18.2 Å². The van der Waals surface area contributed by atoms with Gasteiger partial charge in [-0.2, -0.15) is 0 Å². The van der Waals surface area contributed by atoms with Crippen molar-refractivity contribution in [2.45, 2.75) is 18.9 Å². The van der Waals surface area contributed by atoms with Gasteiger partial charge in [0.05, 0.1) is 0 Å². The Bertz CT molecular complexity index is 584. The molecule has 0 radical (unpaired) electrons. The third-order valence-corrected chi connectivity index (χ3v) is 3.86. The van der Waals surface area contributed by atoms with Crippen LogP contribution >= 0.6 is 31.9 Å². The first-order valence-electron chi connectivity index (χ1n) is 5.82. The molecule has 100 valence electrons. The molecule has 0 unspecified atom stereocenters. The Kier molecular flexibility index (Phi) is 4.99. The Balaban J connectivity index is 2.14. The van der Waals surface area contributed by atoms with Crippen LogP contribution in [0.4, 0.5) is 4.39 Å². The lowest BCUT2D eigenvalue weighted by atomic mass is 10.1. The minimum atomic E-state index is -0.262. The third-order valence-electron chi connectivity index (χ3n) is 2.76. The molecule has 1 nitrogen and oxygen atoms in total. The fourth-order valence-electron chi connectivity index (χ4n) is 1.75. The topological polar surface area (TPSA) is 9.23 Å². The number of hydrogen-bond donors (Lipinski definition) is 0. The van der Waals surface area contributed by atoms with E-state index in [1.807, 2.05) is 25.1 Å². The summed E-state index contributed by atoms with van der Waals surface area (Å²) in [5.74, 6) is 0.520. The third kappa shape index (κ3) is 3.80. The maximum absolute atomic E-state index is 13.7. The van der Waals surface area contributed by atoms with E-state index in [4.69, 9.17) is 4.74 Å². The molecule has 0 N–H and O–H groups in total. The van der Waals surface area contributed by atoms with Gasteiger partial charge in [-0.3, -0.25) is 0 Å². The Morgan fingerprint density at radius 2 is 1.89 bits per heavy atom. The van der Waals surface area contributed by atoms with Gasteiger partial charge in [-0.05, 0) is 25.1 Å². The molecule has 0 saturated heterocycles. The molecule has 0 fully saturated rings. The Hall–Kier alpha value is -0.870. The van der Waals surface area contributed by atoms with Gasteiger partial charge >= 0.3 is 0 Å². The highest BCUT2D eigenvalue weighted by Gasteiger charge is 2.06. The highest BCUT2D eigenvalue weighted by molar-refractivity contribution is 9.10. The van der Waals surface area contributed by atoms with E-state index in [-0.39, 0.29) is 12.4 Å². The predicted octanol–water partition coefficient (Wildman–Crippen LogP) is 5.37. The van der Waals surface area contributed by atoms with E-state index in [1.54, 1.807) is 6.07 Å². The molecule has 0 aliphatic carbocycles. The summed E-state index contributed by atoms with van der Waals surface area (Å²) in [6, 6.07) is 10.9. The molecule has 0 aliphatic heterocycles. The summed E-state index contributed by atoms with van der Waals surface area (Å²) in [6.07, 6.45) is 0. The zero-order valence-corrected chi connectivity index (χ0v) is 13.6. The average Bonchev–Trinajstić information content (AvgIpc) is 2.39. The summed E-state index contributed by atoms with van der Waals surface area (Å²) in [5.41, 5.74) is 2.79. The number of benzene rings is 2. The second-order valence-corrected chi connectivity index (χ2v) is 5.75.